The SMILES string of the molecule is Cc1cccn2c(CC(=O)N[C@@H](C)c3nnc(C(C)C)o3)cnc12. The van der Waals surface area contributed by atoms with Crippen molar-refractivity contribution in [3.05, 3.63) is 47.6 Å². The maximum atomic E-state index is 12.3. The predicted octanol–water partition coefficient (Wildman–Crippen LogP) is 2.57. The lowest BCUT2D eigenvalue weighted by Gasteiger charge is -2.10. The number of pyridine rings is 1. The normalized spacial score (nSPS) is 12.7. The zero-order valence-electron chi connectivity index (χ0n) is 14.3. The van der Waals surface area contributed by atoms with Gasteiger partial charge in [-0.25, -0.2) is 4.98 Å². The number of amides is 1. The van der Waals surface area contributed by atoms with Gasteiger partial charge in [-0.1, -0.05) is 19.9 Å². The monoisotopic (exact) mass is 327 g/mol. The highest BCUT2D eigenvalue weighted by Crippen LogP contribution is 2.17. The molecule has 126 valence electrons. The molecule has 0 aliphatic carbocycles. The van der Waals surface area contributed by atoms with Crippen LogP contribution >= 0.6 is 0 Å². The topological polar surface area (TPSA) is 85.3 Å². The molecule has 0 aromatic carbocycles. The molecule has 7 heteroatoms. The van der Waals surface area contributed by atoms with E-state index in [1.54, 1.807) is 6.20 Å². The molecule has 0 radical (unpaired) electrons. The van der Waals surface area contributed by atoms with E-state index in [4.69, 9.17) is 4.42 Å². The van der Waals surface area contributed by atoms with E-state index in [9.17, 15) is 4.79 Å². The molecule has 24 heavy (non-hydrogen) atoms. The van der Waals surface area contributed by atoms with Crippen LogP contribution in [-0.4, -0.2) is 25.5 Å². The number of rotatable bonds is 5. The molecule has 0 aliphatic heterocycles. The fourth-order valence-corrected chi connectivity index (χ4v) is 2.51. The van der Waals surface area contributed by atoms with E-state index in [1.165, 1.54) is 0 Å². The van der Waals surface area contributed by atoms with E-state index < -0.39 is 0 Å². The number of hydrogen-bond acceptors (Lipinski definition) is 5. The molecule has 3 heterocycles. The van der Waals surface area contributed by atoms with Crippen LogP contribution in [0, 0.1) is 6.92 Å². The number of fused-ring (bicyclic) bond motifs is 1. The zero-order chi connectivity index (χ0) is 17.3. The van der Waals surface area contributed by atoms with Crippen LogP contribution in [0.3, 0.4) is 0 Å². The summed E-state index contributed by atoms with van der Waals surface area (Å²) in [5.41, 5.74) is 2.78. The average molecular weight is 327 g/mol. The molecule has 0 fully saturated rings. The Bertz CT molecular complexity index is 865. The summed E-state index contributed by atoms with van der Waals surface area (Å²) in [4.78, 5) is 16.7. The molecule has 0 unspecified atom stereocenters. The van der Waals surface area contributed by atoms with Crippen LogP contribution < -0.4 is 5.32 Å². The summed E-state index contributed by atoms with van der Waals surface area (Å²) in [6, 6.07) is 3.61. The number of imidazole rings is 1. The Morgan fingerprint density at radius 2 is 2.04 bits per heavy atom. The quantitative estimate of drug-likeness (QED) is 0.778. The summed E-state index contributed by atoms with van der Waals surface area (Å²) in [7, 11) is 0. The minimum Gasteiger partial charge on any atom is -0.423 e. The summed E-state index contributed by atoms with van der Waals surface area (Å²) in [6.45, 7) is 7.78. The van der Waals surface area contributed by atoms with Crippen molar-refractivity contribution in [1.29, 1.82) is 0 Å². The second kappa shape index (κ2) is 6.43. The molecule has 0 bridgehead atoms. The van der Waals surface area contributed by atoms with Gasteiger partial charge in [0, 0.05) is 18.3 Å². The Labute approximate surface area is 140 Å². The number of nitrogens with one attached hydrogen (secondary N) is 1. The van der Waals surface area contributed by atoms with E-state index in [2.05, 4.69) is 20.5 Å². The van der Waals surface area contributed by atoms with Gasteiger partial charge >= 0.3 is 0 Å². The molecule has 0 saturated heterocycles. The van der Waals surface area contributed by atoms with Crippen LogP contribution in [0.15, 0.2) is 28.9 Å². The molecular formula is C17H21N5O2. The number of aryl methyl sites for hydroxylation is 1. The third-order valence-electron chi connectivity index (χ3n) is 3.85. The van der Waals surface area contributed by atoms with Crippen molar-refractivity contribution >= 4 is 11.6 Å². The smallest absolute Gasteiger partial charge is 0.238 e. The molecule has 3 aromatic heterocycles. The van der Waals surface area contributed by atoms with Crippen LogP contribution in [0.25, 0.3) is 5.65 Å². The van der Waals surface area contributed by atoms with Crippen LogP contribution in [0.1, 0.15) is 55.8 Å². The number of nitrogens with zero attached hydrogens (tertiary/aromatic N) is 4. The van der Waals surface area contributed by atoms with E-state index in [1.807, 2.05) is 50.4 Å². The summed E-state index contributed by atoms with van der Waals surface area (Å²) in [6.07, 6.45) is 3.88. The van der Waals surface area contributed by atoms with Gasteiger partial charge in [-0.2, -0.15) is 0 Å². The van der Waals surface area contributed by atoms with Gasteiger partial charge < -0.3 is 14.1 Å². The molecule has 0 aliphatic rings. The lowest BCUT2D eigenvalue weighted by molar-refractivity contribution is -0.121. The molecular weight excluding hydrogens is 306 g/mol. The third kappa shape index (κ3) is 3.15. The van der Waals surface area contributed by atoms with Gasteiger partial charge in [0.2, 0.25) is 17.7 Å². The van der Waals surface area contributed by atoms with Gasteiger partial charge in [0.1, 0.15) is 11.7 Å². The van der Waals surface area contributed by atoms with Crippen molar-refractivity contribution in [2.75, 3.05) is 0 Å². The molecule has 1 N–H and O–H groups in total. The number of carbonyl (C=O) groups is 1. The number of carbonyl (C=O) groups excluding carboxylic acids is 1. The molecule has 1 atom stereocenters. The zero-order valence-corrected chi connectivity index (χ0v) is 14.3. The fraction of sp³-hybridized carbons (Fsp3) is 0.412. The van der Waals surface area contributed by atoms with Gasteiger partial charge in [0.15, 0.2) is 0 Å². The van der Waals surface area contributed by atoms with Gasteiger partial charge in [0.25, 0.3) is 0 Å². The van der Waals surface area contributed by atoms with Crippen molar-refractivity contribution in [1.82, 2.24) is 24.9 Å². The molecule has 3 aromatic rings. The van der Waals surface area contributed by atoms with E-state index in [0.717, 1.165) is 16.9 Å². The lowest BCUT2D eigenvalue weighted by atomic mass is 10.2. The van der Waals surface area contributed by atoms with Crippen LogP contribution in [-0.2, 0) is 11.2 Å². The highest BCUT2D eigenvalue weighted by atomic mass is 16.4. The molecule has 7 nitrogen and oxygen atoms in total. The predicted molar refractivity (Wildman–Crippen MR) is 88.6 cm³/mol. The van der Waals surface area contributed by atoms with Gasteiger partial charge in [-0.15, -0.1) is 10.2 Å². The molecule has 0 spiro atoms. The number of hydrogen-bond donors (Lipinski definition) is 1. The highest BCUT2D eigenvalue weighted by Gasteiger charge is 2.18. The first-order valence-electron chi connectivity index (χ1n) is 8.00. The first-order chi connectivity index (χ1) is 11.5. The average Bonchev–Trinajstić information content (AvgIpc) is 3.15. The third-order valence-corrected chi connectivity index (χ3v) is 3.85. The Morgan fingerprint density at radius 1 is 1.29 bits per heavy atom. The van der Waals surface area contributed by atoms with Crippen molar-refractivity contribution in [2.45, 2.75) is 46.1 Å². The van der Waals surface area contributed by atoms with Crippen molar-refractivity contribution < 1.29 is 9.21 Å². The standard InChI is InChI=1S/C17H21N5O2/c1-10(2)16-20-21-17(24-16)12(4)19-14(23)8-13-9-18-15-11(3)6-5-7-22(13)15/h5-7,9-10,12H,8H2,1-4H3,(H,19,23)/t12-/m0/s1. The highest BCUT2D eigenvalue weighted by molar-refractivity contribution is 5.78. The van der Waals surface area contributed by atoms with E-state index in [-0.39, 0.29) is 24.3 Å². The van der Waals surface area contributed by atoms with Gasteiger partial charge in [0.05, 0.1) is 12.1 Å². The van der Waals surface area contributed by atoms with Crippen LogP contribution in [0.5, 0.6) is 0 Å². The summed E-state index contributed by atoms with van der Waals surface area (Å²) in [5, 5.41) is 10.9. The molecule has 1 amide bonds. The van der Waals surface area contributed by atoms with Crippen molar-refractivity contribution in [3.8, 4) is 0 Å². The van der Waals surface area contributed by atoms with E-state index >= 15 is 0 Å². The summed E-state index contributed by atoms with van der Waals surface area (Å²) >= 11 is 0. The maximum Gasteiger partial charge on any atom is 0.238 e. The summed E-state index contributed by atoms with van der Waals surface area (Å²) < 4.78 is 7.51. The fourth-order valence-electron chi connectivity index (χ4n) is 2.51. The second-order valence-corrected chi connectivity index (χ2v) is 6.23. The number of aromatic nitrogens is 4. The first-order valence-corrected chi connectivity index (χ1v) is 8.00. The minimum atomic E-state index is -0.335. The van der Waals surface area contributed by atoms with Gasteiger partial charge in [-0.3, -0.25) is 4.79 Å². The Kier molecular flexibility index (Phi) is 4.33. The van der Waals surface area contributed by atoms with Crippen molar-refractivity contribution in [2.24, 2.45) is 0 Å². The van der Waals surface area contributed by atoms with Crippen molar-refractivity contribution in [3.63, 3.8) is 0 Å². The van der Waals surface area contributed by atoms with E-state index in [0.29, 0.717) is 11.8 Å². The molecule has 0 saturated carbocycles. The molecule has 3 rings (SSSR count). The van der Waals surface area contributed by atoms with Crippen LogP contribution in [0.4, 0.5) is 0 Å². The maximum absolute atomic E-state index is 12.3. The summed E-state index contributed by atoms with van der Waals surface area (Å²) in [5.74, 6) is 1.04. The Hall–Kier alpha value is -2.70. The second-order valence-electron chi connectivity index (χ2n) is 6.23. The largest absolute Gasteiger partial charge is 0.423 e. The van der Waals surface area contributed by atoms with Crippen LogP contribution in [0.2, 0.25) is 0 Å². The first kappa shape index (κ1) is 16.2. The van der Waals surface area contributed by atoms with Gasteiger partial charge in [-0.05, 0) is 25.5 Å². The lowest BCUT2D eigenvalue weighted by Crippen LogP contribution is -2.28. The Balaban J connectivity index is 1.69. The minimum absolute atomic E-state index is 0.116. The Morgan fingerprint density at radius 3 is 2.75 bits per heavy atom.